The molecule has 3 aliphatic rings. The molecule has 5 nitrogen and oxygen atoms in total. The van der Waals surface area contributed by atoms with Crippen LogP contribution in [-0.4, -0.2) is 25.1 Å². The van der Waals surface area contributed by atoms with Crippen LogP contribution in [0, 0.1) is 0 Å². The average Bonchev–Trinajstić information content (AvgIpc) is 2.72. The van der Waals surface area contributed by atoms with Gasteiger partial charge in [0.2, 0.25) is 5.91 Å². The molecule has 0 unspecified atom stereocenters. The molecule has 4 N–H and O–H groups in total. The van der Waals surface area contributed by atoms with E-state index in [0.29, 0.717) is 5.69 Å². The molecule has 0 aromatic heterocycles. The number of hydrogen-bond donors (Lipinski definition) is 3. The Bertz CT molecular complexity index is 589. The van der Waals surface area contributed by atoms with Crippen LogP contribution >= 0.6 is 0 Å². The van der Waals surface area contributed by atoms with Crippen LogP contribution in [0.15, 0.2) is 12.1 Å². The molecule has 1 aromatic rings. The molecule has 1 aromatic carbocycles. The maximum atomic E-state index is 12.4. The molecule has 0 atom stereocenters. The first-order valence-electron chi connectivity index (χ1n) is 7.82. The molecule has 1 spiro atoms. The van der Waals surface area contributed by atoms with E-state index in [1.807, 2.05) is 12.1 Å². The van der Waals surface area contributed by atoms with Gasteiger partial charge in [-0.2, -0.15) is 0 Å². The van der Waals surface area contributed by atoms with E-state index < -0.39 is 0 Å². The Morgan fingerprint density at radius 2 is 2.00 bits per heavy atom. The van der Waals surface area contributed by atoms with Crippen LogP contribution in [0.3, 0.4) is 0 Å². The van der Waals surface area contributed by atoms with Gasteiger partial charge in [0.05, 0.1) is 11.1 Å². The van der Waals surface area contributed by atoms with Crippen molar-refractivity contribution in [2.75, 3.05) is 24.1 Å². The van der Waals surface area contributed by atoms with E-state index in [1.54, 1.807) is 0 Å². The first-order valence-corrected chi connectivity index (χ1v) is 7.82. The second-order valence-electron chi connectivity index (χ2n) is 6.40. The van der Waals surface area contributed by atoms with E-state index >= 15 is 0 Å². The Kier molecular flexibility index (Phi) is 2.85. The molecule has 1 aliphatic carbocycles. The normalized spacial score (nSPS) is 23.5. The van der Waals surface area contributed by atoms with E-state index in [-0.39, 0.29) is 17.4 Å². The van der Waals surface area contributed by atoms with E-state index in [0.717, 1.165) is 62.2 Å². The number of hydrogen-bond acceptors (Lipinski definition) is 4. The highest BCUT2D eigenvalue weighted by Gasteiger charge is 2.52. The predicted octanol–water partition coefficient (Wildman–Crippen LogP) is 1.77. The summed E-state index contributed by atoms with van der Waals surface area (Å²) < 4.78 is 6.15. The van der Waals surface area contributed by atoms with Gasteiger partial charge < -0.3 is 21.1 Å². The molecule has 1 amide bonds. The number of nitrogen functional groups attached to an aromatic ring is 1. The molecule has 2 fully saturated rings. The fourth-order valence-electron chi connectivity index (χ4n) is 3.71. The van der Waals surface area contributed by atoms with Crippen molar-refractivity contribution >= 4 is 17.3 Å². The standard InChI is InChI=1S/C16H21N3O2/c17-10-8-12-14(19-15(20)16(12)4-1-5-16)13(9-10)21-11-2-6-18-7-3-11/h8-9,11,18H,1-7,17H2,(H,19,20). The highest BCUT2D eigenvalue weighted by molar-refractivity contribution is 6.08. The van der Waals surface area contributed by atoms with Crippen molar-refractivity contribution < 1.29 is 9.53 Å². The van der Waals surface area contributed by atoms with Gasteiger partial charge in [-0.15, -0.1) is 0 Å². The third-order valence-corrected chi connectivity index (χ3v) is 5.10. The van der Waals surface area contributed by atoms with Crippen molar-refractivity contribution in [2.45, 2.75) is 43.6 Å². The zero-order valence-electron chi connectivity index (χ0n) is 12.1. The molecular formula is C16H21N3O2. The van der Waals surface area contributed by atoms with Crippen molar-refractivity contribution in [1.82, 2.24) is 5.32 Å². The number of nitrogens with two attached hydrogens (primary N) is 1. The molecule has 2 aliphatic heterocycles. The van der Waals surface area contributed by atoms with Gasteiger partial charge in [-0.1, -0.05) is 6.42 Å². The number of benzene rings is 1. The maximum Gasteiger partial charge on any atom is 0.235 e. The minimum absolute atomic E-state index is 0.115. The van der Waals surface area contributed by atoms with Crippen molar-refractivity contribution in [3.63, 3.8) is 0 Å². The lowest BCUT2D eigenvalue weighted by molar-refractivity contribution is -0.123. The van der Waals surface area contributed by atoms with Gasteiger partial charge in [0.25, 0.3) is 0 Å². The van der Waals surface area contributed by atoms with Gasteiger partial charge >= 0.3 is 0 Å². The quantitative estimate of drug-likeness (QED) is 0.725. The number of anilines is 2. The molecule has 112 valence electrons. The molecule has 21 heavy (non-hydrogen) atoms. The summed E-state index contributed by atoms with van der Waals surface area (Å²) in [7, 11) is 0. The smallest absolute Gasteiger partial charge is 0.235 e. The molecule has 4 rings (SSSR count). The van der Waals surface area contributed by atoms with E-state index in [2.05, 4.69) is 10.6 Å². The van der Waals surface area contributed by atoms with Crippen LogP contribution in [-0.2, 0) is 10.2 Å². The third-order valence-electron chi connectivity index (χ3n) is 5.10. The Balaban J connectivity index is 1.69. The van der Waals surface area contributed by atoms with Gasteiger partial charge in [0, 0.05) is 11.8 Å². The summed E-state index contributed by atoms with van der Waals surface area (Å²) >= 11 is 0. The second kappa shape index (κ2) is 4.63. The predicted molar refractivity (Wildman–Crippen MR) is 81.5 cm³/mol. The summed E-state index contributed by atoms with van der Waals surface area (Å²) in [6, 6.07) is 3.79. The van der Waals surface area contributed by atoms with Crippen molar-refractivity contribution in [2.24, 2.45) is 0 Å². The van der Waals surface area contributed by atoms with Crippen LogP contribution < -0.4 is 21.1 Å². The molecule has 2 heterocycles. The van der Waals surface area contributed by atoms with Crippen molar-refractivity contribution in [3.8, 4) is 5.75 Å². The largest absolute Gasteiger partial charge is 0.488 e. The van der Waals surface area contributed by atoms with Crippen LogP contribution in [0.5, 0.6) is 5.75 Å². The van der Waals surface area contributed by atoms with Gasteiger partial charge in [-0.05, 0) is 50.4 Å². The Hall–Kier alpha value is -1.75. The zero-order chi connectivity index (χ0) is 14.4. The number of ether oxygens (including phenoxy) is 1. The first kappa shape index (κ1) is 13.0. The Labute approximate surface area is 124 Å². The molecule has 5 heteroatoms. The summed E-state index contributed by atoms with van der Waals surface area (Å²) in [4.78, 5) is 12.4. The van der Waals surface area contributed by atoms with E-state index in [4.69, 9.17) is 10.5 Å². The van der Waals surface area contributed by atoms with E-state index in [1.165, 1.54) is 0 Å². The fourth-order valence-corrected chi connectivity index (χ4v) is 3.71. The lowest BCUT2D eigenvalue weighted by Gasteiger charge is -2.36. The molecule has 1 saturated heterocycles. The van der Waals surface area contributed by atoms with Crippen molar-refractivity contribution in [3.05, 3.63) is 17.7 Å². The highest BCUT2D eigenvalue weighted by atomic mass is 16.5. The van der Waals surface area contributed by atoms with Crippen LogP contribution in [0.4, 0.5) is 11.4 Å². The lowest BCUT2D eigenvalue weighted by Crippen LogP contribution is -2.40. The summed E-state index contributed by atoms with van der Waals surface area (Å²) in [5.41, 5.74) is 8.29. The van der Waals surface area contributed by atoms with Gasteiger partial charge in [0.15, 0.2) is 0 Å². The van der Waals surface area contributed by atoms with Crippen LogP contribution in [0.1, 0.15) is 37.7 Å². The van der Waals surface area contributed by atoms with Gasteiger partial charge in [0.1, 0.15) is 11.9 Å². The highest BCUT2D eigenvalue weighted by Crippen LogP contribution is 2.54. The zero-order valence-corrected chi connectivity index (χ0v) is 12.1. The number of nitrogens with one attached hydrogen (secondary N) is 2. The monoisotopic (exact) mass is 287 g/mol. The summed E-state index contributed by atoms with van der Waals surface area (Å²) in [5.74, 6) is 0.860. The van der Waals surface area contributed by atoms with Gasteiger partial charge in [-0.3, -0.25) is 4.79 Å². The third kappa shape index (κ3) is 1.91. The fraction of sp³-hybridized carbons (Fsp3) is 0.562. The lowest BCUT2D eigenvalue weighted by atomic mass is 9.65. The Morgan fingerprint density at radius 1 is 1.24 bits per heavy atom. The number of carbonyl (C=O) groups excluding carboxylic acids is 1. The molecule has 0 radical (unpaired) electrons. The number of rotatable bonds is 2. The molecule has 0 bridgehead atoms. The van der Waals surface area contributed by atoms with Crippen molar-refractivity contribution in [1.29, 1.82) is 0 Å². The SMILES string of the molecule is Nc1cc(OC2CCNCC2)c2c(c1)C1(CCC1)C(=O)N2. The second-order valence-corrected chi connectivity index (χ2v) is 6.40. The summed E-state index contributed by atoms with van der Waals surface area (Å²) in [6.45, 7) is 1.96. The van der Waals surface area contributed by atoms with E-state index in [9.17, 15) is 4.79 Å². The topological polar surface area (TPSA) is 76.4 Å². The maximum absolute atomic E-state index is 12.4. The van der Waals surface area contributed by atoms with Crippen LogP contribution in [0.25, 0.3) is 0 Å². The summed E-state index contributed by atoms with van der Waals surface area (Å²) in [5, 5.41) is 6.37. The number of amides is 1. The Morgan fingerprint density at radius 3 is 2.67 bits per heavy atom. The van der Waals surface area contributed by atoms with Gasteiger partial charge in [-0.25, -0.2) is 0 Å². The minimum atomic E-state index is -0.336. The minimum Gasteiger partial charge on any atom is -0.488 e. The number of carbonyl (C=O) groups is 1. The van der Waals surface area contributed by atoms with Crippen LogP contribution in [0.2, 0.25) is 0 Å². The number of fused-ring (bicyclic) bond motifs is 2. The summed E-state index contributed by atoms with van der Waals surface area (Å²) in [6.07, 6.45) is 5.12. The molecular weight excluding hydrogens is 266 g/mol. The first-order chi connectivity index (χ1) is 10.2. The molecule has 1 saturated carbocycles. The average molecular weight is 287 g/mol. The number of piperidine rings is 1.